The molecule has 5 nitrogen and oxygen atoms in total. The summed E-state index contributed by atoms with van der Waals surface area (Å²) < 4.78 is 18.5. The van der Waals surface area contributed by atoms with E-state index in [9.17, 15) is 14.5 Å². The lowest BCUT2D eigenvalue weighted by atomic mass is 10.1. The third kappa shape index (κ3) is 2.90. The van der Waals surface area contributed by atoms with Gasteiger partial charge in [-0.25, -0.2) is 0 Å². The fraction of sp³-hybridized carbons (Fsp3) is 0.231. The van der Waals surface area contributed by atoms with E-state index in [1.807, 2.05) is 13.0 Å². The number of hydrogen-bond donors (Lipinski definition) is 1. The fourth-order valence-corrected chi connectivity index (χ4v) is 1.81. The molecule has 6 heteroatoms. The zero-order chi connectivity index (χ0) is 13.8. The first-order valence-electron chi connectivity index (χ1n) is 5.85. The van der Waals surface area contributed by atoms with Gasteiger partial charge in [-0.2, -0.15) is 4.39 Å². The molecule has 2 aromatic rings. The summed E-state index contributed by atoms with van der Waals surface area (Å²) in [6.07, 6.45) is 2.30. The summed E-state index contributed by atoms with van der Waals surface area (Å²) >= 11 is 0. The predicted octanol–water partition coefficient (Wildman–Crippen LogP) is 3.89. The van der Waals surface area contributed by atoms with Crippen LogP contribution in [-0.4, -0.2) is 4.92 Å². The molecule has 1 heterocycles. The highest BCUT2D eigenvalue weighted by Crippen LogP contribution is 2.26. The molecule has 0 fully saturated rings. The van der Waals surface area contributed by atoms with Crippen LogP contribution in [0.2, 0.25) is 0 Å². The van der Waals surface area contributed by atoms with Crippen molar-refractivity contribution < 1.29 is 13.7 Å². The molecule has 1 atom stereocenters. The highest BCUT2D eigenvalue weighted by molar-refractivity contribution is 5.52. The van der Waals surface area contributed by atoms with Crippen LogP contribution in [0.5, 0.6) is 0 Å². The van der Waals surface area contributed by atoms with E-state index >= 15 is 0 Å². The summed E-state index contributed by atoms with van der Waals surface area (Å²) in [5.41, 5.74) is -0.0596. The molecule has 1 aromatic carbocycles. The average Bonchev–Trinajstić information content (AvgIpc) is 2.91. The van der Waals surface area contributed by atoms with Gasteiger partial charge in [-0.3, -0.25) is 10.1 Å². The molecule has 19 heavy (non-hydrogen) atoms. The van der Waals surface area contributed by atoms with E-state index in [4.69, 9.17) is 4.42 Å². The van der Waals surface area contributed by atoms with Crippen LogP contribution in [0.15, 0.2) is 41.0 Å². The van der Waals surface area contributed by atoms with Gasteiger partial charge in [0.15, 0.2) is 0 Å². The smallest absolute Gasteiger partial charge is 0.306 e. The zero-order valence-electron chi connectivity index (χ0n) is 10.3. The highest BCUT2D eigenvalue weighted by Gasteiger charge is 2.17. The van der Waals surface area contributed by atoms with E-state index in [-0.39, 0.29) is 6.04 Å². The third-order valence-corrected chi connectivity index (χ3v) is 2.78. The monoisotopic (exact) mass is 264 g/mol. The molecular formula is C13H13FN2O3. The summed E-state index contributed by atoms with van der Waals surface area (Å²) in [6, 6.07) is 7.20. The highest BCUT2D eigenvalue weighted by atomic mass is 19.1. The molecule has 0 saturated carbocycles. The number of nitrogens with one attached hydrogen (secondary N) is 1. The molecule has 0 amide bonds. The Hall–Kier alpha value is -2.37. The van der Waals surface area contributed by atoms with Gasteiger partial charge in [0, 0.05) is 11.8 Å². The van der Waals surface area contributed by atoms with Crippen molar-refractivity contribution in [1.29, 1.82) is 0 Å². The molecule has 0 radical (unpaired) electrons. The van der Waals surface area contributed by atoms with Gasteiger partial charge in [0.25, 0.3) is 0 Å². The van der Waals surface area contributed by atoms with E-state index in [0.29, 0.717) is 5.69 Å². The van der Waals surface area contributed by atoms with Gasteiger partial charge < -0.3 is 9.73 Å². The van der Waals surface area contributed by atoms with E-state index in [1.165, 1.54) is 12.1 Å². The number of hydrogen-bond acceptors (Lipinski definition) is 4. The number of nitrogens with zero attached hydrogens (tertiary/aromatic N) is 1. The van der Waals surface area contributed by atoms with Gasteiger partial charge in [-0.1, -0.05) is 6.92 Å². The van der Waals surface area contributed by atoms with Crippen molar-refractivity contribution in [3.05, 3.63) is 58.3 Å². The van der Waals surface area contributed by atoms with Gasteiger partial charge in [0.2, 0.25) is 5.82 Å². The topological polar surface area (TPSA) is 68.3 Å². The summed E-state index contributed by atoms with van der Waals surface area (Å²) in [5, 5.41) is 13.8. The molecule has 0 spiro atoms. The van der Waals surface area contributed by atoms with E-state index in [2.05, 4.69) is 5.32 Å². The molecule has 100 valence electrons. The first-order chi connectivity index (χ1) is 9.11. The number of benzene rings is 1. The summed E-state index contributed by atoms with van der Waals surface area (Å²) in [7, 11) is 0. The molecule has 0 aliphatic rings. The Labute approximate surface area is 109 Å². The summed E-state index contributed by atoms with van der Waals surface area (Å²) in [4.78, 5) is 9.94. The molecule has 0 aliphatic carbocycles. The summed E-state index contributed by atoms with van der Waals surface area (Å²) in [6.45, 7) is 1.96. The standard InChI is InChI=1S/C13H13FN2O3/c1-2-11(13-4-3-7-19-13)15-9-5-6-10(14)12(8-9)16(17)18/h3-8,11,15H,2H2,1H3. The summed E-state index contributed by atoms with van der Waals surface area (Å²) in [5.74, 6) is -0.115. The van der Waals surface area contributed by atoms with Crippen LogP contribution in [0.3, 0.4) is 0 Å². The largest absolute Gasteiger partial charge is 0.467 e. The van der Waals surface area contributed by atoms with Crippen molar-refractivity contribution in [2.45, 2.75) is 19.4 Å². The Morgan fingerprint density at radius 3 is 2.84 bits per heavy atom. The van der Waals surface area contributed by atoms with E-state index in [0.717, 1.165) is 18.2 Å². The third-order valence-electron chi connectivity index (χ3n) is 2.78. The Bertz CT molecular complexity index is 569. The van der Waals surface area contributed by atoms with Crippen LogP contribution >= 0.6 is 0 Å². The number of nitro groups is 1. The molecule has 1 N–H and O–H groups in total. The van der Waals surface area contributed by atoms with Gasteiger partial charge >= 0.3 is 5.69 Å². The Kier molecular flexibility index (Phi) is 3.79. The van der Waals surface area contributed by atoms with Crippen molar-refractivity contribution >= 4 is 11.4 Å². The number of furan rings is 1. The van der Waals surface area contributed by atoms with E-state index in [1.54, 1.807) is 12.3 Å². The average molecular weight is 264 g/mol. The first-order valence-corrected chi connectivity index (χ1v) is 5.85. The lowest BCUT2D eigenvalue weighted by Crippen LogP contribution is -2.09. The SMILES string of the molecule is CCC(Nc1ccc(F)c([N+](=O)[O-])c1)c1ccco1. The van der Waals surface area contributed by atoms with Gasteiger partial charge in [0.05, 0.1) is 17.2 Å². The predicted molar refractivity (Wildman–Crippen MR) is 68.4 cm³/mol. The fourth-order valence-electron chi connectivity index (χ4n) is 1.81. The lowest BCUT2D eigenvalue weighted by Gasteiger charge is -2.15. The van der Waals surface area contributed by atoms with Gasteiger partial charge in [-0.15, -0.1) is 0 Å². The molecule has 0 aliphatic heterocycles. The van der Waals surface area contributed by atoms with Crippen LogP contribution in [0, 0.1) is 15.9 Å². The van der Waals surface area contributed by atoms with Crippen molar-refractivity contribution in [2.24, 2.45) is 0 Å². The number of anilines is 1. The zero-order valence-corrected chi connectivity index (χ0v) is 10.3. The maximum absolute atomic E-state index is 13.2. The second-order valence-electron chi connectivity index (χ2n) is 4.04. The minimum absolute atomic E-state index is 0.111. The molecule has 2 rings (SSSR count). The normalized spacial score (nSPS) is 12.1. The van der Waals surface area contributed by atoms with Crippen LogP contribution in [0.4, 0.5) is 15.8 Å². The second-order valence-corrected chi connectivity index (χ2v) is 4.04. The molecule has 0 bridgehead atoms. The van der Waals surface area contributed by atoms with E-state index < -0.39 is 16.4 Å². The Morgan fingerprint density at radius 1 is 1.47 bits per heavy atom. The second kappa shape index (κ2) is 5.51. The van der Waals surface area contributed by atoms with Gasteiger partial charge in [0.1, 0.15) is 5.76 Å². The quantitative estimate of drug-likeness (QED) is 0.657. The van der Waals surface area contributed by atoms with Crippen LogP contribution < -0.4 is 5.32 Å². The minimum Gasteiger partial charge on any atom is -0.467 e. The van der Waals surface area contributed by atoms with Crippen LogP contribution in [0.1, 0.15) is 25.1 Å². The minimum atomic E-state index is -0.846. The maximum Gasteiger partial charge on any atom is 0.306 e. The van der Waals surface area contributed by atoms with Crippen molar-refractivity contribution in [3.63, 3.8) is 0 Å². The number of halogens is 1. The molecule has 1 aromatic heterocycles. The van der Waals surface area contributed by atoms with Crippen molar-refractivity contribution in [2.75, 3.05) is 5.32 Å². The van der Waals surface area contributed by atoms with Crippen molar-refractivity contribution in [3.8, 4) is 0 Å². The van der Waals surface area contributed by atoms with Crippen molar-refractivity contribution in [1.82, 2.24) is 0 Å². The van der Waals surface area contributed by atoms with Crippen LogP contribution in [-0.2, 0) is 0 Å². The Morgan fingerprint density at radius 2 is 2.26 bits per heavy atom. The van der Waals surface area contributed by atoms with Crippen LogP contribution in [0.25, 0.3) is 0 Å². The van der Waals surface area contributed by atoms with Gasteiger partial charge in [-0.05, 0) is 30.7 Å². The molecular weight excluding hydrogens is 251 g/mol. The maximum atomic E-state index is 13.2. The Balaban J connectivity index is 2.23. The lowest BCUT2D eigenvalue weighted by molar-refractivity contribution is -0.387. The number of nitro benzene ring substituents is 1. The number of rotatable bonds is 5. The molecule has 0 saturated heterocycles. The first kappa shape index (κ1) is 13.1. The molecule has 1 unspecified atom stereocenters.